The van der Waals surface area contributed by atoms with Crippen LogP contribution in [0.5, 0.6) is 5.75 Å². The van der Waals surface area contributed by atoms with E-state index in [9.17, 15) is 5.11 Å². The molecule has 0 amide bonds. The first kappa shape index (κ1) is 36.0. The molecule has 0 saturated carbocycles. The molecule has 0 unspecified atom stereocenters. The number of aromatic nitrogens is 3. The van der Waals surface area contributed by atoms with Gasteiger partial charge < -0.3 is 5.11 Å². The van der Waals surface area contributed by atoms with Crippen molar-refractivity contribution < 1.29 is 5.11 Å². The van der Waals surface area contributed by atoms with Crippen LogP contribution in [0, 0.1) is 0 Å². The van der Waals surface area contributed by atoms with Gasteiger partial charge in [0, 0.05) is 22.9 Å². The third kappa shape index (κ3) is 6.61. The first-order valence-corrected chi connectivity index (χ1v) is 19.3. The molecule has 8 aromatic rings. The molecule has 0 spiro atoms. The van der Waals surface area contributed by atoms with E-state index in [-0.39, 0.29) is 22.5 Å². The average Bonchev–Trinajstić information content (AvgIpc) is 3.56. The smallest absolute Gasteiger partial charge is 0.149 e. The number of rotatable bonds is 6. The Kier molecular flexibility index (Phi) is 8.96. The van der Waals surface area contributed by atoms with Crippen LogP contribution < -0.4 is 0 Å². The van der Waals surface area contributed by atoms with Crippen LogP contribution in [0.2, 0.25) is 0 Å². The maximum absolute atomic E-state index is 12.3. The van der Waals surface area contributed by atoms with Crippen LogP contribution in [0.4, 0.5) is 0 Å². The molecule has 0 fully saturated rings. The van der Waals surface area contributed by atoms with Gasteiger partial charge in [-0.05, 0) is 104 Å². The highest BCUT2D eigenvalue weighted by molar-refractivity contribution is 6.03. The van der Waals surface area contributed by atoms with E-state index in [1.54, 1.807) is 0 Å². The van der Waals surface area contributed by atoms with Crippen LogP contribution >= 0.6 is 0 Å². The number of benzene rings is 6. The van der Waals surface area contributed by atoms with Crippen LogP contribution in [0.25, 0.3) is 72.4 Å². The van der Waals surface area contributed by atoms with Gasteiger partial charge in [-0.25, -0.2) is 4.98 Å². The maximum atomic E-state index is 12.3. The zero-order valence-corrected chi connectivity index (χ0v) is 33.1. The number of hydrogen-bond acceptors (Lipinski definition) is 3. The number of nitrogens with zero attached hydrogens (tertiary/aromatic N) is 3. The van der Waals surface area contributed by atoms with Gasteiger partial charge in [-0.2, -0.15) is 0 Å². The molecule has 0 saturated heterocycles. The van der Waals surface area contributed by atoms with Gasteiger partial charge in [0.15, 0.2) is 0 Å². The van der Waals surface area contributed by atoms with Gasteiger partial charge in [-0.1, -0.05) is 140 Å². The van der Waals surface area contributed by atoms with Crippen molar-refractivity contribution in [3.8, 4) is 56.3 Å². The van der Waals surface area contributed by atoms with Crippen molar-refractivity contribution in [3.63, 3.8) is 0 Å². The lowest BCUT2D eigenvalue weighted by molar-refractivity contribution is 0.446. The molecule has 2 heterocycles. The number of hydrogen-bond donors (Lipinski definition) is 1. The Morgan fingerprint density at radius 3 is 2.05 bits per heavy atom. The summed E-state index contributed by atoms with van der Waals surface area (Å²) in [5, 5.41) is 14.6. The van der Waals surface area contributed by atoms with Gasteiger partial charge in [0.1, 0.15) is 11.6 Å². The fourth-order valence-corrected chi connectivity index (χ4v) is 7.80. The third-order valence-corrected chi connectivity index (χ3v) is 10.8. The second-order valence-corrected chi connectivity index (χ2v) is 17.1. The number of phenolic OH excluding ortho intramolecular Hbond substituents is 1. The lowest BCUT2D eigenvalue weighted by atomic mass is 9.79. The standard InChI is InChI=1S/C51H49N3O/c1-32(2)40-28-34(33-17-10-9-11-18-33)24-25-45(40)54-46-23-16-21-39(36-27-35-19-12-13-20-38(35)41(29-36)44-22-14-15-26-52-44)47(46)53-49(54)42-30-37(50(3,4)5)31-43(48(42)55)51(6,7)8/h9-32,55H,1-8H3. The van der Waals surface area contributed by atoms with E-state index >= 15 is 0 Å². The minimum Gasteiger partial charge on any atom is -0.507 e. The van der Waals surface area contributed by atoms with Crippen LogP contribution in [0.15, 0.2) is 140 Å². The predicted octanol–water partition coefficient (Wildman–Crippen LogP) is 13.7. The van der Waals surface area contributed by atoms with E-state index in [2.05, 4.69) is 181 Å². The molecule has 8 rings (SSSR count). The SMILES string of the molecule is CC(C)c1cc(-c2ccccc2)ccc1-n1c(-c2cc(C(C)(C)C)cc(C(C)(C)C)c2O)nc2c(-c3cc(-c4ccccn4)c4ccccc4c3)cccc21. The fourth-order valence-electron chi connectivity index (χ4n) is 7.80. The van der Waals surface area contributed by atoms with Crippen molar-refractivity contribution in [3.05, 3.63) is 156 Å². The lowest BCUT2D eigenvalue weighted by Crippen LogP contribution is -2.17. The maximum Gasteiger partial charge on any atom is 0.149 e. The molecule has 0 radical (unpaired) electrons. The predicted molar refractivity (Wildman–Crippen MR) is 231 cm³/mol. The molecule has 0 aliphatic carbocycles. The Bertz CT molecular complexity index is 2690. The second kappa shape index (κ2) is 13.7. The summed E-state index contributed by atoms with van der Waals surface area (Å²) in [6.45, 7) is 17.7. The molecular weight excluding hydrogens is 671 g/mol. The summed E-state index contributed by atoms with van der Waals surface area (Å²) in [7, 11) is 0. The Morgan fingerprint density at radius 2 is 1.35 bits per heavy atom. The summed E-state index contributed by atoms with van der Waals surface area (Å²) in [6.07, 6.45) is 1.85. The minimum absolute atomic E-state index is 0.155. The monoisotopic (exact) mass is 719 g/mol. The molecular formula is C51H49N3O. The second-order valence-electron chi connectivity index (χ2n) is 17.1. The summed E-state index contributed by atoms with van der Waals surface area (Å²) in [4.78, 5) is 10.4. The first-order valence-electron chi connectivity index (χ1n) is 19.3. The van der Waals surface area contributed by atoms with E-state index in [1.165, 1.54) is 16.7 Å². The van der Waals surface area contributed by atoms with Crippen molar-refractivity contribution in [2.75, 3.05) is 0 Å². The fraction of sp³-hybridized carbons (Fsp3) is 0.216. The van der Waals surface area contributed by atoms with Crippen LogP contribution in [-0.2, 0) is 10.8 Å². The molecule has 0 aliphatic heterocycles. The average molecular weight is 720 g/mol. The third-order valence-electron chi connectivity index (χ3n) is 10.8. The normalized spacial score (nSPS) is 12.2. The quantitative estimate of drug-likeness (QED) is 0.186. The number of fused-ring (bicyclic) bond motifs is 2. The zero-order chi connectivity index (χ0) is 38.6. The van der Waals surface area contributed by atoms with Crippen LogP contribution in [-0.4, -0.2) is 19.6 Å². The number of phenols is 1. The first-order chi connectivity index (χ1) is 26.3. The van der Waals surface area contributed by atoms with E-state index in [0.717, 1.165) is 72.4 Å². The van der Waals surface area contributed by atoms with Crippen LogP contribution in [0.3, 0.4) is 0 Å². The van der Waals surface area contributed by atoms with Crippen molar-refractivity contribution in [1.29, 1.82) is 0 Å². The molecule has 0 atom stereocenters. The van der Waals surface area contributed by atoms with Gasteiger partial charge >= 0.3 is 0 Å². The van der Waals surface area contributed by atoms with Crippen molar-refractivity contribution in [1.82, 2.24) is 14.5 Å². The van der Waals surface area contributed by atoms with Gasteiger partial charge in [0.2, 0.25) is 0 Å². The Hall–Kier alpha value is -6.00. The van der Waals surface area contributed by atoms with Gasteiger partial charge in [0.05, 0.1) is 28.0 Å². The molecule has 4 heteroatoms. The summed E-state index contributed by atoms with van der Waals surface area (Å²) in [5.41, 5.74) is 12.9. The zero-order valence-electron chi connectivity index (χ0n) is 33.1. The summed E-state index contributed by atoms with van der Waals surface area (Å²) < 4.78 is 2.29. The molecule has 0 aliphatic rings. The molecule has 6 aromatic carbocycles. The van der Waals surface area contributed by atoms with E-state index in [0.29, 0.717) is 0 Å². The number of para-hydroxylation sites is 1. The number of aromatic hydroxyl groups is 1. The summed E-state index contributed by atoms with van der Waals surface area (Å²) in [5.74, 6) is 1.21. The van der Waals surface area contributed by atoms with Crippen LogP contribution in [0.1, 0.15) is 78.0 Å². The Morgan fingerprint density at radius 1 is 0.600 bits per heavy atom. The molecule has 55 heavy (non-hydrogen) atoms. The van der Waals surface area contributed by atoms with Crippen molar-refractivity contribution >= 4 is 21.8 Å². The van der Waals surface area contributed by atoms with Crippen molar-refractivity contribution in [2.45, 2.75) is 72.1 Å². The van der Waals surface area contributed by atoms with Gasteiger partial charge in [0.25, 0.3) is 0 Å². The summed E-state index contributed by atoms with van der Waals surface area (Å²) in [6, 6.07) is 47.2. The number of imidazole rings is 1. The van der Waals surface area contributed by atoms with Gasteiger partial charge in [-0.15, -0.1) is 0 Å². The number of pyridine rings is 1. The van der Waals surface area contributed by atoms with E-state index < -0.39 is 0 Å². The Labute approximate surface area is 325 Å². The molecule has 2 aromatic heterocycles. The van der Waals surface area contributed by atoms with E-state index in [1.807, 2.05) is 18.3 Å². The highest BCUT2D eigenvalue weighted by Gasteiger charge is 2.29. The van der Waals surface area contributed by atoms with E-state index in [4.69, 9.17) is 9.97 Å². The lowest BCUT2D eigenvalue weighted by Gasteiger charge is -2.28. The Balaban J connectivity index is 1.47. The minimum atomic E-state index is -0.296. The van der Waals surface area contributed by atoms with Crippen molar-refractivity contribution in [2.24, 2.45) is 0 Å². The molecule has 1 N–H and O–H groups in total. The molecule has 274 valence electrons. The topological polar surface area (TPSA) is 50.9 Å². The highest BCUT2D eigenvalue weighted by atomic mass is 16.3. The molecule has 4 nitrogen and oxygen atoms in total. The highest BCUT2D eigenvalue weighted by Crippen LogP contribution is 2.45. The van der Waals surface area contributed by atoms with Gasteiger partial charge in [-0.3, -0.25) is 9.55 Å². The summed E-state index contributed by atoms with van der Waals surface area (Å²) >= 11 is 0. The molecule has 0 bridgehead atoms. The largest absolute Gasteiger partial charge is 0.507 e.